The maximum absolute atomic E-state index is 13.6. The van der Waals surface area contributed by atoms with E-state index < -0.39 is 11.7 Å². The summed E-state index contributed by atoms with van der Waals surface area (Å²) in [5, 5.41) is 5.91. The van der Waals surface area contributed by atoms with Crippen molar-refractivity contribution < 1.29 is 13.2 Å². The molecule has 0 saturated carbocycles. The number of halogens is 3. The van der Waals surface area contributed by atoms with Crippen molar-refractivity contribution in [2.24, 2.45) is 11.8 Å². The molecule has 2 N–H and O–H groups in total. The minimum atomic E-state index is -4.58. The highest BCUT2D eigenvalue weighted by atomic mass is 19.4. The number of rotatable bonds is 8. The third-order valence-corrected chi connectivity index (χ3v) is 4.85. The van der Waals surface area contributed by atoms with E-state index in [4.69, 9.17) is 0 Å². The second-order valence-corrected chi connectivity index (χ2v) is 8.75. The molecule has 0 aliphatic carbocycles. The third kappa shape index (κ3) is 6.45. The van der Waals surface area contributed by atoms with Crippen LogP contribution >= 0.6 is 0 Å². The molecule has 0 amide bonds. The quantitative estimate of drug-likeness (QED) is 0.382. The van der Waals surface area contributed by atoms with Crippen LogP contribution < -0.4 is 10.6 Å². The third-order valence-electron chi connectivity index (χ3n) is 4.85. The van der Waals surface area contributed by atoms with Gasteiger partial charge >= 0.3 is 6.18 Å². The number of nitrogens with one attached hydrogen (secondary N) is 2. The van der Waals surface area contributed by atoms with Crippen molar-refractivity contribution >= 4 is 23.1 Å². The van der Waals surface area contributed by atoms with Gasteiger partial charge in [0.05, 0.1) is 0 Å². The number of hydrogen-bond donors (Lipinski definition) is 2. The van der Waals surface area contributed by atoms with E-state index in [1.54, 1.807) is 12.1 Å². The molecule has 0 aliphatic rings. The van der Waals surface area contributed by atoms with Gasteiger partial charge in [-0.15, -0.1) is 0 Å². The van der Waals surface area contributed by atoms with E-state index in [1.807, 2.05) is 36.4 Å². The summed E-state index contributed by atoms with van der Waals surface area (Å²) in [6.07, 6.45) is -2.06. The molecule has 3 rings (SSSR count). The summed E-state index contributed by atoms with van der Waals surface area (Å²) in [5.41, 5.74) is 2.54. The standard InChI is InChI=1S/C25H29F3N4/c1-16(2)13-18-9-11-20(12-10-18)30-24-29-15-21(25(26,27)28)23(32-24)31-22-8-6-5-7-19(22)14-17(3)4/h5-12,15-17H,13-14H2,1-4H3,(H2,29,30,31,32). The number of anilines is 4. The molecule has 0 spiro atoms. The Kier molecular flexibility index (Phi) is 7.38. The van der Waals surface area contributed by atoms with Gasteiger partial charge in [0, 0.05) is 17.6 Å². The van der Waals surface area contributed by atoms with Gasteiger partial charge in [-0.25, -0.2) is 4.98 Å². The molecule has 1 heterocycles. The molecule has 3 aromatic rings. The van der Waals surface area contributed by atoms with Crippen molar-refractivity contribution in [2.75, 3.05) is 10.6 Å². The lowest BCUT2D eigenvalue weighted by molar-refractivity contribution is -0.137. The molecule has 0 radical (unpaired) electrons. The lowest BCUT2D eigenvalue weighted by Gasteiger charge is -2.17. The number of aromatic nitrogens is 2. The fourth-order valence-corrected chi connectivity index (χ4v) is 3.46. The van der Waals surface area contributed by atoms with Crippen LogP contribution in [0, 0.1) is 11.8 Å². The zero-order valence-electron chi connectivity index (χ0n) is 18.8. The van der Waals surface area contributed by atoms with Crippen molar-refractivity contribution in [3.8, 4) is 0 Å². The highest BCUT2D eigenvalue weighted by Crippen LogP contribution is 2.36. The summed E-state index contributed by atoms with van der Waals surface area (Å²) in [4.78, 5) is 8.07. The molecule has 0 fully saturated rings. The minimum Gasteiger partial charge on any atom is -0.339 e. The highest BCUT2D eigenvalue weighted by molar-refractivity contribution is 5.65. The van der Waals surface area contributed by atoms with Crippen LogP contribution in [0.2, 0.25) is 0 Å². The van der Waals surface area contributed by atoms with Crippen LogP contribution in [0.5, 0.6) is 0 Å². The number of para-hydroxylation sites is 1. The average molecular weight is 443 g/mol. The predicted molar refractivity (Wildman–Crippen MR) is 124 cm³/mol. The van der Waals surface area contributed by atoms with E-state index >= 15 is 0 Å². The fraction of sp³-hybridized carbons (Fsp3) is 0.360. The van der Waals surface area contributed by atoms with Crippen LogP contribution in [0.25, 0.3) is 0 Å². The SMILES string of the molecule is CC(C)Cc1ccc(Nc2ncc(C(F)(F)F)c(Nc3ccccc3CC(C)C)n2)cc1. The van der Waals surface area contributed by atoms with Gasteiger partial charge in [-0.1, -0.05) is 58.0 Å². The number of alkyl halides is 3. The second kappa shape index (κ2) is 10.0. The molecule has 7 heteroatoms. The molecule has 1 aromatic heterocycles. The molecule has 170 valence electrons. The van der Waals surface area contributed by atoms with Crippen molar-refractivity contribution in [1.29, 1.82) is 0 Å². The smallest absolute Gasteiger partial charge is 0.339 e. The van der Waals surface area contributed by atoms with Gasteiger partial charge in [0.1, 0.15) is 11.4 Å². The molecule has 0 atom stereocenters. The highest BCUT2D eigenvalue weighted by Gasteiger charge is 2.35. The summed E-state index contributed by atoms with van der Waals surface area (Å²) >= 11 is 0. The Morgan fingerprint density at radius 3 is 2.12 bits per heavy atom. The van der Waals surface area contributed by atoms with Crippen LogP contribution in [-0.4, -0.2) is 9.97 Å². The maximum atomic E-state index is 13.6. The van der Waals surface area contributed by atoms with Crippen LogP contribution in [0.1, 0.15) is 44.4 Å². The number of nitrogens with zero attached hydrogens (tertiary/aromatic N) is 2. The Morgan fingerprint density at radius 1 is 0.844 bits per heavy atom. The lowest BCUT2D eigenvalue weighted by atomic mass is 10.0. The molecule has 0 bridgehead atoms. The van der Waals surface area contributed by atoms with Crippen molar-refractivity contribution in [2.45, 2.75) is 46.7 Å². The van der Waals surface area contributed by atoms with Crippen molar-refractivity contribution in [3.05, 3.63) is 71.4 Å². The topological polar surface area (TPSA) is 49.8 Å². The summed E-state index contributed by atoms with van der Waals surface area (Å²) in [6, 6.07) is 15.1. The molecule has 0 unspecified atom stereocenters. The zero-order chi connectivity index (χ0) is 23.3. The zero-order valence-corrected chi connectivity index (χ0v) is 18.8. The normalized spacial score (nSPS) is 11.8. The largest absolute Gasteiger partial charge is 0.421 e. The number of benzene rings is 2. The Balaban J connectivity index is 1.89. The van der Waals surface area contributed by atoms with Crippen LogP contribution in [0.15, 0.2) is 54.7 Å². The van der Waals surface area contributed by atoms with Gasteiger partial charge in [0.15, 0.2) is 0 Å². The first-order valence-corrected chi connectivity index (χ1v) is 10.8. The van der Waals surface area contributed by atoms with Gasteiger partial charge < -0.3 is 10.6 Å². The molecule has 32 heavy (non-hydrogen) atoms. The van der Waals surface area contributed by atoms with Gasteiger partial charge in [-0.2, -0.15) is 18.2 Å². The van der Waals surface area contributed by atoms with E-state index in [2.05, 4.69) is 48.3 Å². The first-order valence-electron chi connectivity index (χ1n) is 10.8. The number of hydrogen-bond acceptors (Lipinski definition) is 4. The van der Waals surface area contributed by atoms with Gasteiger partial charge in [-0.05, 0) is 54.0 Å². The van der Waals surface area contributed by atoms with E-state index in [1.165, 1.54) is 5.56 Å². The monoisotopic (exact) mass is 442 g/mol. The van der Waals surface area contributed by atoms with Crippen LogP contribution in [-0.2, 0) is 19.0 Å². The summed E-state index contributed by atoms with van der Waals surface area (Å²) in [6.45, 7) is 8.43. The fourth-order valence-electron chi connectivity index (χ4n) is 3.46. The Bertz CT molecular complexity index is 1030. The Labute approximate surface area is 187 Å². The molecule has 0 aliphatic heterocycles. The second-order valence-electron chi connectivity index (χ2n) is 8.75. The first-order chi connectivity index (χ1) is 15.1. The molecular weight excluding hydrogens is 413 g/mol. The summed E-state index contributed by atoms with van der Waals surface area (Å²) in [7, 11) is 0. The Morgan fingerprint density at radius 2 is 1.50 bits per heavy atom. The molecule has 4 nitrogen and oxygen atoms in total. The average Bonchev–Trinajstić information content (AvgIpc) is 2.69. The lowest BCUT2D eigenvalue weighted by Crippen LogP contribution is -2.13. The molecule has 2 aromatic carbocycles. The van der Waals surface area contributed by atoms with Crippen LogP contribution in [0.3, 0.4) is 0 Å². The van der Waals surface area contributed by atoms with Gasteiger partial charge in [-0.3, -0.25) is 0 Å². The summed E-state index contributed by atoms with van der Waals surface area (Å²) < 4.78 is 40.9. The Hall–Kier alpha value is -3.09. The van der Waals surface area contributed by atoms with Crippen molar-refractivity contribution in [3.63, 3.8) is 0 Å². The minimum absolute atomic E-state index is 0.0958. The van der Waals surface area contributed by atoms with Crippen LogP contribution in [0.4, 0.5) is 36.3 Å². The van der Waals surface area contributed by atoms with Gasteiger partial charge in [0.25, 0.3) is 0 Å². The van der Waals surface area contributed by atoms with Crippen molar-refractivity contribution in [1.82, 2.24) is 9.97 Å². The predicted octanol–water partition coefficient (Wildman–Crippen LogP) is 7.38. The maximum Gasteiger partial charge on any atom is 0.421 e. The molecule has 0 saturated heterocycles. The van der Waals surface area contributed by atoms with E-state index in [0.717, 1.165) is 24.6 Å². The van der Waals surface area contributed by atoms with E-state index in [0.29, 0.717) is 23.2 Å². The first kappa shape index (κ1) is 23.6. The van der Waals surface area contributed by atoms with Gasteiger partial charge in [0.2, 0.25) is 5.95 Å². The summed E-state index contributed by atoms with van der Waals surface area (Å²) in [5.74, 6) is 0.724. The molecular formula is C25H29F3N4. The van der Waals surface area contributed by atoms with E-state index in [-0.39, 0.29) is 11.8 Å². The van der Waals surface area contributed by atoms with E-state index in [9.17, 15) is 13.2 Å².